The second kappa shape index (κ2) is 8.03. The van der Waals surface area contributed by atoms with Gasteiger partial charge in [0.1, 0.15) is 11.9 Å². The molecule has 1 atom stereocenters. The molecule has 4 aromatic rings. The van der Waals surface area contributed by atoms with Crippen LogP contribution in [0.25, 0.3) is 22.0 Å². The van der Waals surface area contributed by atoms with Gasteiger partial charge in [-0.05, 0) is 41.3 Å². The van der Waals surface area contributed by atoms with E-state index in [0.29, 0.717) is 19.4 Å². The van der Waals surface area contributed by atoms with Crippen molar-refractivity contribution in [2.24, 2.45) is 0 Å². The first-order valence-corrected chi connectivity index (χ1v) is 10.3. The summed E-state index contributed by atoms with van der Waals surface area (Å²) in [4.78, 5) is 19.8. The fourth-order valence-corrected chi connectivity index (χ4v) is 4.11. The van der Waals surface area contributed by atoms with E-state index in [4.69, 9.17) is 4.74 Å². The maximum atomic E-state index is 12.4. The zero-order valence-corrected chi connectivity index (χ0v) is 16.6. The number of hydrogen-bond acceptors (Lipinski definition) is 3. The Morgan fingerprint density at radius 3 is 2.87 bits per heavy atom. The van der Waals surface area contributed by atoms with E-state index < -0.39 is 0 Å². The second-order valence-electron chi connectivity index (χ2n) is 7.64. The zero-order valence-electron chi connectivity index (χ0n) is 16.6. The summed E-state index contributed by atoms with van der Waals surface area (Å²) in [5, 5.41) is 4.23. The third kappa shape index (κ3) is 3.66. The van der Waals surface area contributed by atoms with Crippen molar-refractivity contribution >= 4 is 16.8 Å². The van der Waals surface area contributed by atoms with E-state index in [1.165, 1.54) is 16.5 Å². The number of para-hydroxylation sites is 2. The number of benzene rings is 2. The van der Waals surface area contributed by atoms with Gasteiger partial charge in [-0.1, -0.05) is 36.4 Å². The molecule has 2 aromatic heterocycles. The number of carbonyl (C=O) groups excluding carboxylic acids is 1. The van der Waals surface area contributed by atoms with Crippen LogP contribution in [0, 0.1) is 0 Å². The minimum absolute atomic E-state index is 0.0416. The van der Waals surface area contributed by atoms with Gasteiger partial charge in [0.2, 0.25) is 5.91 Å². The molecule has 0 saturated heterocycles. The molecule has 0 aliphatic carbocycles. The van der Waals surface area contributed by atoms with E-state index in [9.17, 15) is 4.79 Å². The molecule has 2 aromatic carbocycles. The number of amides is 1. The molecule has 0 radical (unpaired) electrons. The van der Waals surface area contributed by atoms with Crippen LogP contribution in [0.5, 0.6) is 5.75 Å². The molecule has 0 spiro atoms. The molecule has 1 aliphatic heterocycles. The summed E-state index contributed by atoms with van der Waals surface area (Å²) >= 11 is 0. The van der Waals surface area contributed by atoms with E-state index in [-0.39, 0.29) is 12.0 Å². The molecule has 2 N–H and O–H groups in total. The number of nitrogens with one attached hydrogen (secondary N) is 2. The van der Waals surface area contributed by atoms with Crippen molar-refractivity contribution in [1.29, 1.82) is 0 Å². The van der Waals surface area contributed by atoms with Gasteiger partial charge in [0.25, 0.3) is 0 Å². The van der Waals surface area contributed by atoms with Crippen LogP contribution >= 0.6 is 0 Å². The first-order chi connectivity index (χ1) is 14.8. The van der Waals surface area contributed by atoms with Crippen LogP contribution in [0.3, 0.4) is 0 Å². The topological polar surface area (TPSA) is 67.0 Å². The third-order valence-corrected chi connectivity index (χ3v) is 5.64. The summed E-state index contributed by atoms with van der Waals surface area (Å²) in [7, 11) is 0. The molecule has 0 fully saturated rings. The van der Waals surface area contributed by atoms with E-state index in [1.807, 2.05) is 36.5 Å². The van der Waals surface area contributed by atoms with Gasteiger partial charge in [0.05, 0.1) is 6.54 Å². The summed E-state index contributed by atoms with van der Waals surface area (Å²) in [6, 6.07) is 18.4. The van der Waals surface area contributed by atoms with Gasteiger partial charge < -0.3 is 15.0 Å². The van der Waals surface area contributed by atoms with E-state index in [0.717, 1.165) is 28.8 Å². The van der Waals surface area contributed by atoms with Crippen LogP contribution in [0.15, 0.2) is 73.2 Å². The van der Waals surface area contributed by atoms with Crippen LogP contribution in [0.1, 0.15) is 17.5 Å². The number of carbonyl (C=O) groups is 1. The van der Waals surface area contributed by atoms with E-state index in [1.54, 1.807) is 12.4 Å². The molecule has 0 bridgehead atoms. The number of nitrogens with zero attached hydrogens (tertiary/aromatic N) is 1. The van der Waals surface area contributed by atoms with Crippen molar-refractivity contribution < 1.29 is 9.53 Å². The highest BCUT2D eigenvalue weighted by atomic mass is 16.5. The smallest absolute Gasteiger partial charge is 0.220 e. The Morgan fingerprint density at radius 2 is 1.97 bits per heavy atom. The lowest BCUT2D eigenvalue weighted by atomic mass is 10.0. The number of aryl methyl sites for hydroxylation is 1. The SMILES string of the molecule is O=C(CCc1c[nH]c2ccccc12)NC[C@H]1Cc2cccc(-c3ccncc3)c2O1. The zero-order chi connectivity index (χ0) is 20.3. The van der Waals surface area contributed by atoms with Crippen LogP contribution < -0.4 is 10.1 Å². The first-order valence-electron chi connectivity index (χ1n) is 10.3. The minimum atomic E-state index is -0.0416. The molecule has 5 rings (SSSR count). The number of aromatic nitrogens is 2. The molecule has 5 nitrogen and oxygen atoms in total. The largest absolute Gasteiger partial charge is 0.487 e. The average molecular weight is 397 g/mol. The van der Waals surface area contributed by atoms with Crippen molar-refractivity contribution in [3.05, 3.63) is 84.3 Å². The molecule has 0 unspecified atom stereocenters. The van der Waals surface area contributed by atoms with Crippen molar-refractivity contribution in [3.8, 4) is 16.9 Å². The van der Waals surface area contributed by atoms with Gasteiger partial charge in [-0.25, -0.2) is 0 Å². The van der Waals surface area contributed by atoms with Crippen molar-refractivity contribution in [1.82, 2.24) is 15.3 Å². The fourth-order valence-electron chi connectivity index (χ4n) is 4.11. The molecule has 3 heterocycles. The quantitative estimate of drug-likeness (QED) is 0.510. The lowest BCUT2D eigenvalue weighted by molar-refractivity contribution is -0.121. The molecule has 1 amide bonds. The second-order valence-corrected chi connectivity index (χ2v) is 7.64. The average Bonchev–Trinajstić information content (AvgIpc) is 3.40. The standard InChI is InChI=1S/C25H23N3O2/c29-24(9-8-19-15-27-23-7-2-1-5-21(19)23)28-16-20-14-18-4-3-6-22(25(18)30-20)17-10-12-26-13-11-17/h1-7,10-13,15,20,27H,8-9,14,16H2,(H,28,29)/t20-/m1/s1. The van der Waals surface area contributed by atoms with E-state index >= 15 is 0 Å². The normalized spacial score (nSPS) is 15.0. The lowest BCUT2D eigenvalue weighted by Gasteiger charge is -2.13. The molecule has 0 saturated carbocycles. The summed E-state index contributed by atoms with van der Waals surface area (Å²) in [5.74, 6) is 0.968. The highest BCUT2D eigenvalue weighted by Crippen LogP contribution is 2.38. The van der Waals surface area contributed by atoms with Crippen molar-refractivity contribution in [2.45, 2.75) is 25.4 Å². The van der Waals surface area contributed by atoms with E-state index in [2.05, 4.69) is 39.6 Å². The van der Waals surface area contributed by atoms with Crippen molar-refractivity contribution in [3.63, 3.8) is 0 Å². The van der Waals surface area contributed by atoms with Crippen LogP contribution in [-0.2, 0) is 17.6 Å². The monoisotopic (exact) mass is 397 g/mol. The number of aromatic amines is 1. The Hall–Kier alpha value is -3.60. The Kier molecular flexibility index (Phi) is 4.93. The Labute approximate surface area is 175 Å². The third-order valence-electron chi connectivity index (χ3n) is 5.64. The van der Waals surface area contributed by atoms with Gasteiger partial charge in [-0.3, -0.25) is 9.78 Å². The number of rotatable bonds is 6. The number of hydrogen-bond donors (Lipinski definition) is 2. The van der Waals surface area contributed by atoms with Crippen LogP contribution in [-0.4, -0.2) is 28.5 Å². The number of H-pyrrole nitrogens is 1. The highest BCUT2D eigenvalue weighted by Gasteiger charge is 2.26. The van der Waals surface area contributed by atoms with Crippen LogP contribution in [0.2, 0.25) is 0 Å². The molecule has 30 heavy (non-hydrogen) atoms. The molecule has 5 heteroatoms. The van der Waals surface area contributed by atoms with Crippen LogP contribution in [0.4, 0.5) is 0 Å². The Balaban J connectivity index is 1.18. The predicted octanol–water partition coefficient (Wildman–Crippen LogP) is 4.28. The number of ether oxygens (including phenoxy) is 1. The number of fused-ring (bicyclic) bond motifs is 2. The van der Waals surface area contributed by atoms with Crippen molar-refractivity contribution in [2.75, 3.05) is 6.54 Å². The number of pyridine rings is 1. The minimum Gasteiger partial charge on any atom is -0.487 e. The van der Waals surface area contributed by atoms with Gasteiger partial charge in [-0.15, -0.1) is 0 Å². The summed E-state index contributed by atoms with van der Waals surface area (Å²) in [6.45, 7) is 0.511. The Bertz CT molecular complexity index is 1180. The highest BCUT2D eigenvalue weighted by molar-refractivity contribution is 5.84. The van der Waals surface area contributed by atoms with Gasteiger partial charge in [0.15, 0.2) is 0 Å². The molecular formula is C25H23N3O2. The molecule has 1 aliphatic rings. The fraction of sp³-hybridized carbons (Fsp3) is 0.200. The van der Waals surface area contributed by atoms with Gasteiger partial charge in [0, 0.05) is 47.9 Å². The maximum Gasteiger partial charge on any atom is 0.220 e. The Morgan fingerprint density at radius 1 is 1.10 bits per heavy atom. The van der Waals surface area contributed by atoms with Gasteiger partial charge in [-0.2, -0.15) is 0 Å². The molecular weight excluding hydrogens is 374 g/mol. The summed E-state index contributed by atoms with van der Waals surface area (Å²) in [6.07, 6.45) is 7.51. The summed E-state index contributed by atoms with van der Waals surface area (Å²) in [5.41, 5.74) is 5.62. The maximum absolute atomic E-state index is 12.4. The first kappa shape index (κ1) is 18.4. The summed E-state index contributed by atoms with van der Waals surface area (Å²) < 4.78 is 6.21. The molecule has 150 valence electrons. The lowest BCUT2D eigenvalue weighted by Crippen LogP contribution is -2.34. The predicted molar refractivity (Wildman–Crippen MR) is 117 cm³/mol. The van der Waals surface area contributed by atoms with Gasteiger partial charge >= 0.3 is 0 Å².